The van der Waals surface area contributed by atoms with Crippen molar-refractivity contribution in [2.75, 3.05) is 6.54 Å². The Morgan fingerprint density at radius 2 is 1.93 bits per heavy atom. The summed E-state index contributed by atoms with van der Waals surface area (Å²) < 4.78 is 1.84. The molecule has 140 valence electrons. The van der Waals surface area contributed by atoms with Crippen molar-refractivity contribution in [2.45, 2.75) is 25.4 Å². The van der Waals surface area contributed by atoms with Gasteiger partial charge < -0.3 is 0 Å². The summed E-state index contributed by atoms with van der Waals surface area (Å²) in [5.41, 5.74) is 6.22. The summed E-state index contributed by atoms with van der Waals surface area (Å²) in [6.07, 6.45) is 8.31. The van der Waals surface area contributed by atoms with E-state index in [9.17, 15) is 0 Å². The molecule has 28 heavy (non-hydrogen) atoms. The minimum Gasteiger partial charge on any atom is -0.292 e. The van der Waals surface area contributed by atoms with Gasteiger partial charge in [0, 0.05) is 43.0 Å². The molecule has 1 atom stereocenters. The van der Waals surface area contributed by atoms with E-state index in [-0.39, 0.29) is 0 Å². The van der Waals surface area contributed by atoms with E-state index in [2.05, 4.69) is 69.7 Å². The van der Waals surface area contributed by atoms with Gasteiger partial charge in [0.15, 0.2) is 0 Å². The monoisotopic (exact) mass is 368 g/mol. The van der Waals surface area contributed by atoms with E-state index in [1.807, 2.05) is 30.2 Å². The molecule has 2 aromatic heterocycles. The van der Waals surface area contributed by atoms with Crippen LogP contribution in [-0.2, 0) is 13.6 Å². The fraction of sp³-hybridized carbons (Fsp3) is 0.250. The van der Waals surface area contributed by atoms with Gasteiger partial charge in [0.1, 0.15) is 0 Å². The van der Waals surface area contributed by atoms with Crippen LogP contribution in [0.25, 0.3) is 22.0 Å². The Morgan fingerprint density at radius 3 is 2.75 bits per heavy atom. The van der Waals surface area contributed by atoms with Crippen molar-refractivity contribution in [2.24, 2.45) is 7.05 Å². The first-order valence-electron chi connectivity index (χ1n) is 9.93. The van der Waals surface area contributed by atoms with Crippen molar-refractivity contribution in [3.05, 3.63) is 84.3 Å². The normalized spacial score (nSPS) is 17.4. The fourth-order valence-electron chi connectivity index (χ4n) is 4.29. The predicted octanol–water partition coefficient (Wildman–Crippen LogP) is 4.97. The third-order valence-electron chi connectivity index (χ3n) is 5.76. The van der Waals surface area contributed by atoms with E-state index in [1.165, 1.54) is 34.9 Å². The predicted molar refractivity (Wildman–Crippen MR) is 113 cm³/mol. The highest BCUT2D eigenvalue weighted by atomic mass is 15.2. The Balaban J connectivity index is 1.35. The summed E-state index contributed by atoms with van der Waals surface area (Å²) >= 11 is 0. The standard InChI is InChI=1S/C24H24N4/c1-27-17-22(15-26-27)19-8-6-18(7-9-19)16-28-13-3-5-24(28)21-11-10-20-4-2-12-25-23(20)14-21/h2,4,6-12,14-15,17,24H,3,5,13,16H2,1H3/t24-/m0/s1. The Morgan fingerprint density at radius 1 is 1.04 bits per heavy atom. The molecule has 5 rings (SSSR count). The van der Waals surface area contributed by atoms with E-state index < -0.39 is 0 Å². The van der Waals surface area contributed by atoms with Crippen LogP contribution >= 0.6 is 0 Å². The van der Waals surface area contributed by atoms with Gasteiger partial charge in [0.25, 0.3) is 0 Å². The van der Waals surface area contributed by atoms with Gasteiger partial charge in [0.2, 0.25) is 0 Å². The van der Waals surface area contributed by atoms with Crippen molar-refractivity contribution < 1.29 is 0 Å². The number of aromatic nitrogens is 3. The SMILES string of the molecule is Cn1cc(-c2ccc(CN3CCC[C@H]3c3ccc4cccnc4c3)cc2)cn1. The third kappa shape index (κ3) is 3.32. The van der Waals surface area contributed by atoms with Crippen LogP contribution in [0.4, 0.5) is 0 Å². The van der Waals surface area contributed by atoms with E-state index in [0.29, 0.717) is 6.04 Å². The molecule has 0 amide bonds. The van der Waals surface area contributed by atoms with Gasteiger partial charge in [-0.1, -0.05) is 42.5 Å². The third-order valence-corrected chi connectivity index (χ3v) is 5.76. The molecule has 3 heterocycles. The van der Waals surface area contributed by atoms with Crippen molar-refractivity contribution in [3.8, 4) is 11.1 Å². The smallest absolute Gasteiger partial charge is 0.0705 e. The lowest BCUT2D eigenvalue weighted by molar-refractivity contribution is 0.248. The summed E-state index contributed by atoms with van der Waals surface area (Å²) in [6.45, 7) is 2.13. The number of aryl methyl sites for hydroxylation is 1. The molecule has 2 aromatic carbocycles. The molecule has 0 unspecified atom stereocenters. The molecule has 1 aliphatic heterocycles. The Kier molecular flexibility index (Phi) is 4.41. The molecule has 1 aliphatic rings. The number of nitrogens with zero attached hydrogens (tertiary/aromatic N) is 4. The van der Waals surface area contributed by atoms with Gasteiger partial charge in [-0.2, -0.15) is 5.10 Å². The minimum atomic E-state index is 0.476. The average Bonchev–Trinajstić information content (AvgIpc) is 3.37. The van der Waals surface area contributed by atoms with Crippen LogP contribution in [0.2, 0.25) is 0 Å². The molecule has 0 aliphatic carbocycles. The molecular formula is C24H24N4. The number of likely N-dealkylation sites (tertiary alicyclic amines) is 1. The van der Waals surface area contributed by atoms with Crippen LogP contribution in [-0.4, -0.2) is 26.2 Å². The maximum atomic E-state index is 4.54. The molecule has 4 aromatic rings. The summed E-state index contributed by atoms with van der Waals surface area (Å²) in [6, 6.07) is 20.3. The Hall–Kier alpha value is -2.98. The lowest BCUT2D eigenvalue weighted by Gasteiger charge is -2.25. The van der Waals surface area contributed by atoms with Crippen LogP contribution in [0.1, 0.15) is 30.0 Å². The second-order valence-electron chi connectivity index (χ2n) is 7.68. The Bertz CT molecular complexity index is 1100. The van der Waals surface area contributed by atoms with Crippen LogP contribution in [0.15, 0.2) is 73.2 Å². The fourth-order valence-corrected chi connectivity index (χ4v) is 4.29. The topological polar surface area (TPSA) is 34.0 Å². The van der Waals surface area contributed by atoms with Crippen LogP contribution < -0.4 is 0 Å². The highest BCUT2D eigenvalue weighted by molar-refractivity contribution is 5.79. The van der Waals surface area contributed by atoms with Gasteiger partial charge in [-0.25, -0.2) is 0 Å². The lowest BCUT2D eigenvalue weighted by atomic mass is 10.0. The molecule has 0 N–H and O–H groups in total. The zero-order valence-electron chi connectivity index (χ0n) is 16.1. The van der Waals surface area contributed by atoms with E-state index in [1.54, 1.807) is 0 Å². The maximum absolute atomic E-state index is 4.54. The van der Waals surface area contributed by atoms with Gasteiger partial charge in [-0.15, -0.1) is 0 Å². The van der Waals surface area contributed by atoms with Gasteiger partial charge in [0.05, 0.1) is 11.7 Å². The molecule has 0 radical (unpaired) electrons. The molecule has 0 saturated carbocycles. The van der Waals surface area contributed by atoms with Crippen molar-refractivity contribution in [3.63, 3.8) is 0 Å². The average molecular weight is 368 g/mol. The molecule has 1 saturated heterocycles. The largest absolute Gasteiger partial charge is 0.292 e. The van der Waals surface area contributed by atoms with E-state index in [0.717, 1.165) is 24.2 Å². The van der Waals surface area contributed by atoms with Crippen molar-refractivity contribution in [1.29, 1.82) is 0 Å². The number of hydrogen-bond acceptors (Lipinski definition) is 3. The molecule has 1 fully saturated rings. The first kappa shape index (κ1) is 17.1. The zero-order valence-corrected chi connectivity index (χ0v) is 16.1. The quantitative estimate of drug-likeness (QED) is 0.510. The molecule has 4 nitrogen and oxygen atoms in total. The summed E-state index contributed by atoms with van der Waals surface area (Å²) in [5.74, 6) is 0. The second-order valence-corrected chi connectivity index (χ2v) is 7.68. The summed E-state index contributed by atoms with van der Waals surface area (Å²) in [4.78, 5) is 7.14. The summed E-state index contributed by atoms with van der Waals surface area (Å²) in [5, 5.41) is 5.48. The highest BCUT2D eigenvalue weighted by Crippen LogP contribution is 2.34. The maximum Gasteiger partial charge on any atom is 0.0705 e. The first-order valence-corrected chi connectivity index (χ1v) is 9.93. The molecular weight excluding hydrogens is 344 g/mol. The Labute approximate surface area is 165 Å². The number of benzene rings is 2. The zero-order chi connectivity index (χ0) is 18.9. The van der Waals surface area contributed by atoms with Crippen molar-refractivity contribution >= 4 is 10.9 Å². The van der Waals surface area contributed by atoms with E-state index >= 15 is 0 Å². The molecule has 0 spiro atoms. The van der Waals surface area contributed by atoms with Crippen molar-refractivity contribution in [1.82, 2.24) is 19.7 Å². The van der Waals surface area contributed by atoms with E-state index in [4.69, 9.17) is 0 Å². The van der Waals surface area contributed by atoms with Crippen LogP contribution in [0.3, 0.4) is 0 Å². The molecule has 4 heteroatoms. The van der Waals surface area contributed by atoms with Crippen LogP contribution in [0.5, 0.6) is 0 Å². The van der Waals surface area contributed by atoms with Gasteiger partial charge in [-0.05, 0) is 48.2 Å². The minimum absolute atomic E-state index is 0.476. The summed E-state index contributed by atoms with van der Waals surface area (Å²) in [7, 11) is 1.95. The molecule has 0 bridgehead atoms. The number of hydrogen-bond donors (Lipinski definition) is 0. The number of rotatable bonds is 4. The lowest BCUT2D eigenvalue weighted by Crippen LogP contribution is -2.22. The van der Waals surface area contributed by atoms with Crippen LogP contribution in [0, 0.1) is 0 Å². The number of pyridine rings is 1. The first-order chi connectivity index (χ1) is 13.8. The highest BCUT2D eigenvalue weighted by Gasteiger charge is 2.26. The number of fused-ring (bicyclic) bond motifs is 1. The second kappa shape index (κ2) is 7.21. The van der Waals surface area contributed by atoms with Gasteiger partial charge in [-0.3, -0.25) is 14.6 Å². The van der Waals surface area contributed by atoms with Gasteiger partial charge >= 0.3 is 0 Å².